The van der Waals surface area contributed by atoms with Crippen molar-refractivity contribution < 1.29 is 4.79 Å². The molecule has 1 aromatic heterocycles. The first-order chi connectivity index (χ1) is 10.8. The summed E-state index contributed by atoms with van der Waals surface area (Å²) in [5, 5.41) is 0. The molecule has 2 heterocycles. The summed E-state index contributed by atoms with van der Waals surface area (Å²) >= 11 is 0. The first-order valence-corrected chi connectivity index (χ1v) is 7.50. The minimum atomic E-state index is -0.355. The van der Waals surface area contributed by atoms with Crippen LogP contribution in [0.5, 0.6) is 0 Å². The number of benzene rings is 1. The highest BCUT2D eigenvalue weighted by atomic mass is 16.1. The van der Waals surface area contributed by atoms with Crippen molar-refractivity contribution in [3.63, 3.8) is 0 Å². The highest BCUT2D eigenvalue weighted by molar-refractivity contribution is 5.81. The third-order valence-corrected chi connectivity index (χ3v) is 4.04. The van der Waals surface area contributed by atoms with Crippen LogP contribution < -0.4 is 10.6 Å². The Bertz CT molecular complexity index is 609. The van der Waals surface area contributed by atoms with E-state index in [9.17, 15) is 4.79 Å². The van der Waals surface area contributed by atoms with E-state index in [1.54, 1.807) is 6.20 Å². The molecule has 2 N–H and O–H groups in total. The van der Waals surface area contributed by atoms with Crippen LogP contribution in [-0.4, -0.2) is 42.0 Å². The number of pyridine rings is 1. The van der Waals surface area contributed by atoms with Gasteiger partial charge in [-0.15, -0.1) is 0 Å². The Labute approximate surface area is 130 Å². The molecule has 5 heteroatoms. The van der Waals surface area contributed by atoms with Gasteiger partial charge in [0.05, 0.1) is 0 Å². The first kappa shape index (κ1) is 14.5. The van der Waals surface area contributed by atoms with Crippen molar-refractivity contribution in [2.75, 3.05) is 31.1 Å². The van der Waals surface area contributed by atoms with E-state index in [-0.39, 0.29) is 11.9 Å². The number of rotatable bonds is 4. The summed E-state index contributed by atoms with van der Waals surface area (Å²) in [7, 11) is 0. The van der Waals surface area contributed by atoms with Gasteiger partial charge in [-0.25, -0.2) is 4.98 Å². The molecular weight excluding hydrogens is 276 g/mol. The lowest BCUT2D eigenvalue weighted by molar-refractivity contribution is -0.123. The van der Waals surface area contributed by atoms with E-state index in [1.807, 2.05) is 48.5 Å². The first-order valence-electron chi connectivity index (χ1n) is 7.50. The lowest BCUT2D eigenvalue weighted by Crippen LogP contribution is -2.50. The fourth-order valence-corrected chi connectivity index (χ4v) is 2.94. The summed E-state index contributed by atoms with van der Waals surface area (Å²) in [4.78, 5) is 20.7. The molecule has 5 nitrogen and oxygen atoms in total. The molecule has 0 bridgehead atoms. The number of carbonyl (C=O) groups is 1. The quantitative estimate of drug-likeness (QED) is 0.927. The maximum absolute atomic E-state index is 11.9. The monoisotopic (exact) mass is 296 g/mol. The average Bonchev–Trinajstić information content (AvgIpc) is 2.57. The minimum absolute atomic E-state index is 0.294. The van der Waals surface area contributed by atoms with Gasteiger partial charge in [0.25, 0.3) is 0 Å². The van der Waals surface area contributed by atoms with Crippen LogP contribution in [0.15, 0.2) is 54.7 Å². The normalized spacial score (nSPS) is 17.2. The number of nitrogens with zero attached hydrogens (tertiary/aromatic N) is 3. The van der Waals surface area contributed by atoms with Crippen molar-refractivity contribution >= 4 is 11.7 Å². The van der Waals surface area contributed by atoms with E-state index in [4.69, 9.17) is 5.73 Å². The van der Waals surface area contributed by atoms with Crippen molar-refractivity contribution in [1.82, 2.24) is 9.88 Å². The summed E-state index contributed by atoms with van der Waals surface area (Å²) in [6.45, 7) is 3.26. The van der Waals surface area contributed by atoms with Crippen LogP contribution >= 0.6 is 0 Å². The van der Waals surface area contributed by atoms with Crippen LogP contribution in [0.3, 0.4) is 0 Å². The second kappa shape index (κ2) is 6.58. The summed E-state index contributed by atoms with van der Waals surface area (Å²) in [6.07, 6.45) is 1.80. The summed E-state index contributed by atoms with van der Waals surface area (Å²) < 4.78 is 0. The van der Waals surface area contributed by atoms with Crippen LogP contribution in [0.1, 0.15) is 11.6 Å². The van der Waals surface area contributed by atoms with Crippen LogP contribution in [0, 0.1) is 0 Å². The number of aromatic nitrogens is 1. The number of piperazine rings is 1. The number of hydrogen-bond donors (Lipinski definition) is 1. The predicted molar refractivity (Wildman–Crippen MR) is 86.4 cm³/mol. The van der Waals surface area contributed by atoms with Gasteiger partial charge < -0.3 is 10.6 Å². The van der Waals surface area contributed by atoms with E-state index < -0.39 is 0 Å². The largest absolute Gasteiger partial charge is 0.368 e. The van der Waals surface area contributed by atoms with Crippen LogP contribution in [0.2, 0.25) is 0 Å². The van der Waals surface area contributed by atoms with Crippen molar-refractivity contribution in [3.05, 3.63) is 60.3 Å². The summed E-state index contributed by atoms with van der Waals surface area (Å²) in [5.41, 5.74) is 6.60. The molecule has 1 aliphatic rings. The van der Waals surface area contributed by atoms with Gasteiger partial charge in [0.15, 0.2) is 0 Å². The molecule has 0 saturated carbocycles. The molecule has 0 radical (unpaired) electrons. The minimum Gasteiger partial charge on any atom is -0.368 e. The van der Waals surface area contributed by atoms with Crippen molar-refractivity contribution in [1.29, 1.82) is 0 Å². The molecule has 1 fully saturated rings. The molecule has 3 rings (SSSR count). The van der Waals surface area contributed by atoms with Gasteiger partial charge in [0.1, 0.15) is 11.9 Å². The lowest BCUT2D eigenvalue weighted by atomic mass is 10.0. The fourth-order valence-electron chi connectivity index (χ4n) is 2.94. The molecule has 1 amide bonds. The van der Waals surface area contributed by atoms with E-state index in [0.717, 1.165) is 37.6 Å². The third-order valence-electron chi connectivity index (χ3n) is 4.04. The zero-order chi connectivity index (χ0) is 15.4. The Morgan fingerprint density at radius 3 is 2.27 bits per heavy atom. The van der Waals surface area contributed by atoms with Gasteiger partial charge in [-0.1, -0.05) is 36.4 Å². The Kier molecular flexibility index (Phi) is 4.34. The van der Waals surface area contributed by atoms with E-state index >= 15 is 0 Å². The van der Waals surface area contributed by atoms with Gasteiger partial charge in [0.2, 0.25) is 5.91 Å². The molecule has 2 aromatic rings. The molecule has 1 aromatic carbocycles. The van der Waals surface area contributed by atoms with Gasteiger partial charge in [0, 0.05) is 32.4 Å². The maximum atomic E-state index is 11.9. The Morgan fingerprint density at radius 1 is 1.00 bits per heavy atom. The molecule has 22 heavy (non-hydrogen) atoms. The number of primary amides is 1. The lowest BCUT2D eigenvalue weighted by Gasteiger charge is -2.38. The number of hydrogen-bond acceptors (Lipinski definition) is 4. The van der Waals surface area contributed by atoms with Crippen LogP contribution in [0.25, 0.3) is 0 Å². The zero-order valence-electron chi connectivity index (χ0n) is 12.4. The number of carbonyl (C=O) groups excluding carboxylic acids is 1. The highest BCUT2D eigenvalue weighted by Crippen LogP contribution is 2.23. The predicted octanol–water partition coefficient (Wildman–Crippen LogP) is 1.43. The second-order valence-electron chi connectivity index (χ2n) is 5.43. The fraction of sp³-hybridized carbons (Fsp3) is 0.294. The molecule has 1 aliphatic heterocycles. The Balaban J connectivity index is 1.70. The third kappa shape index (κ3) is 3.09. The summed E-state index contributed by atoms with van der Waals surface area (Å²) in [5.74, 6) is 0.690. The second-order valence-corrected chi connectivity index (χ2v) is 5.43. The highest BCUT2D eigenvalue weighted by Gasteiger charge is 2.29. The molecule has 0 aliphatic carbocycles. The van der Waals surface area contributed by atoms with E-state index in [2.05, 4.69) is 14.8 Å². The van der Waals surface area contributed by atoms with Gasteiger partial charge >= 0.3 is 0 Å². The van der Waals surface area contributed by atoms with Crippen LogP contribution in [-0.2, 0) is 4.79 Å². The topological polar surface area (TPSA) is 62.5 Å². The molecule has 0 unspecified atom stereocenters. The molecule has 0 spiro atoms. The Morgan fingerprint density at radius 2 is 1.68 bits per heavy atom. The number of anilines is 1. The van der Waals surface area contributed by atoms with Crippen molar-refractivity contribution in [3.8, 4) is 0 Å². The zero-order valence-corrected chi connectivity index (χ0v) is 12.4. The Hall–Kier alpha value is -2.40. The molecule has 1 atom stereocenters. The SMILES string of the molecule is NC(=O)[C@H](c1ccccc1)N1CCN(c2ccccn2)CC1. The maximum Gasteiger partial charge on any atom is 0.239 e. The van der Waals surface area contributed by atoms with Crippen molar-refractivity contribution in [2.24, 2.45) is 5.73 Å². The van der Waals surface area contributed by atoms with Gasteiger partial charge in [-0.05, 0) is 17.7 Å². The number of amides is 1. The van der Waals surface area contributed by atoms with E-state index in [1.165, 1.54) is 0 Å². The van der Waals surface area contributed by atoms with E-state index in [0.29, 0.717) is 0 Å². The molecule has 114 valence electrons. The number of nitrogens with two attached hydrogens (primary N) is 1. The summed E-state index contributed by atoms with van der Waals surface area (Å²) in [6, 6.07) is 15.3. The molecule has 1 saturated heterocycles. The smallest absolute Gasteiger partial charge is 0.239 e. The molecular formula is C17H20N4O. The van der Waals surface area contributed by atoms with Crippen LogP contribution in [0.4, 0.5) is 5.82 Å². The average molecular weight is 296 g/mol. The van der Waals surface area contributed by atoms with Gasteiger partial charge in [-0.2, -0.15) is 0 Å². The standard InChI is InChI=1S/C17H20N4O/c18-17(22)16(14-6-2-1-3-7-14)21-12-10-20(11-13-21)15-8-4-5-9-19-15/h1-9,16H,10-13H2,(H2,18,22)/t16-/m0/s1. The van der Waals surface area contributed by atoms with Gasteiger partial charge in [-0.3, -0.25) is 9.69 Å². The van der Waals surface area contributed by atoms with Crippen molar-refractivity contribution in [2.45, 2.75) is 6.04 Å².